The highest BCUT2D eigenvalue weighted by atomic mass is 32.2. The molecular formula is C25H37N5O5S2. The molecule has 10 nitrogen and oxygen atoms in total. The van der Waals surface area contributed by atoms with Gasteiger partial charge in [-0.2, -0.15) is 0 Å². The fourth-order valence-corrected chi connectivity index (χ4v) is 6.47. The first-order valence-electron chi connectivity index (χ1n) is 12.6. The zero-order valence-electron chi connectivity index (χ0n) is 22.2. The molecule has 2 aromatic rings. The molecule has 0 aliphatic heterocycles. The third-order valence-electron chi connectivity index (χ3n) is 5.97. The lowest BCUT2D eigenvalue weighted by Gasteiger charge is -2.27. The molecule has 1 atom stereocenters. The number of nitrogens with zero attached hydrogens (tertiary/aromatic N) is 2. The Morgan fingerprint density at radius 1 is 1.00 bits per heavy atom. The van der Waals surface area contributed by atoms with Gasteiger partial charge in [-0.25, -0.2) is 18.6 Å². The summed E-state index contributed by atoms with van der Waals surface area (Å²) in [7, 11) is -3.19. The molecule has 1 heterocycles. The molecular weight excluding hydrogens is 514 g/mol. The first-order chi connectivity index (χ1) is 17.4. The van der Waals surface area contributed by atoms with Crippen LogP contribution in [0.1, 0.15) is 78.2 Å². The number of aromatic nitrogens is 2. The summed E-state index contributed by atoms with van der Waals surface area (Å²) in [6.45, 7) is 10.6. The van der Waals surface area contributed by atoms with E-state index in [1.807, 2.05) is 13.8 Å². The first kappa shape index (κ1) is 28.8. The van der Waals surface area contributed by atoms with E-state index < -0.39 is 21.1 Å². The van der Waals surface area contributed by atoms with Crippen molar-refractivity contribution in [1.82, 2.24) is 15.5 Å². The van der Waals surface area contributed by atoms with Gasteiger partial charge in [0.1, 0.15) is 10.0 Å². The minimum absolute atomic E-state index is 0.0722. The average Bonchev–Trinajstić information content (AvgIpc) is 3.28. The van der Waals surface area contributed by atoms with Crippen molar-refractivity contribution in [2.45, 2.75) is 102 Å². The highest BCUT2D eigenvalue weighted by molar-refractivity contribution is 7.93. The highest BCUT2D eigenvalue weighted by Crippen LogP contribution is 2.39. The van der Waals surface area contributed by atoms with E-state index in [4.69, 9.17) is 14.3 Å². The van der Waals surface area contributed by atoms with Gasteiger partial charge in [-0.3, -0.25) is 5.32 Å². The van der Waals surface area contributed by atoms with Crippen LogP contribution in [0.3, 0.4) is 0 Å². The number of ether oxygens (including phenoxy) is 2. The molecule has 37 heavy (non-hydrogen) atoms. The Kier molecular flexibility index (Phi) is 9.51. The topological polar surface area (TPSA) is 143 Å². The van der Waals surface area contributed by atoms with Gasteiger partial charge in [-0.15, -0.1) is 10.2 Å². The summed E-state index contributed by atoms with van der Waals surface area (Å²) in [5.41, 5.74) is 0.976. The smallest absolute Gasteiger partial charge is 0.411 e. The van der Waals surface area contributed by atoms with E-state index in [0.29, 0.717) is 21.2 Å². The molecule has 204 valence electrons. The number of carbonyl (C=O) groups is 2. The van der Waals surface area contributed by atoms with Gasteiger partial charge in [0.15, 0.2) is 0 Å². The maximum Gasteiger partial charge on any atom is 0.411 e. The Balaban J connectivity index is 1.79. The molecule has 0 radical (unpaired) electrons. The predicted molar refractivity (Wildman–Crippen MR) is 145 cm³/mol. The summed E-state index contributed by atoms with van der Waals surface area (Å²) in [6.07, 6.45) is 1.91. The quantitative estimate of drug-likeness (QED) is 0.358. The minimum Gasteiger partial charge on any atom is -0.447 e. The number of nitrogens with one attached hydrogen (secondary N) is 3. The van der Waals surface area contributed by atoms with Gasteiger partial charge in [0.05, 0.1) is 26.8 Å². The largest absolute Gasteiger partial charge is 0.447 e. The van der Waals surface area contributed by atoms with Gasteiger partial charge in [0.25, 0.3) is 0 Å². The van der Waals surface area contributed by atoms with Crippen LogP contribution in [0.15, 0.2) is 23.1 Å². The molecule has 1 aliphatic rings. The molecule has 0 saturated heterocycles. The van der Waals surface area contributed by atoms with Crippen LogP contribution in [0.2, 0.25) is 0 Å². The molecule has 0 spiro atoms. The van der Waals surface area contributed by atoms with E-state index in [9.17, 15) is 13.8 Å². The Labute approximate surface area is 222 Å². The third kappa shape index (κ3) is 7.64. The van der Waals surface area contributed by atoms with Crippen molar-refractivity contribution in [2.75, 3.05) is 5.32 Å². The second-order valence-electron chi connectivity index (χ2n) is 10.0. The van der Waals surface area contributed by atoms with Crippen molar-refractivity contribution in [2.24, 2.45) is 0 Å². The molecule has 1 aliphatic carbocycles. The normalized spacial score (nSPS) is 19.5. The summed E-state index contributed by atoms with van der Waals surface area (Å²) in [6, 6.07) is 5.05. The van der Waals surface area contributed by atoms with Crippen LogP contribution < -0.4 is 10.6 Å². The molecule has 12 heteroatoms. The van der Waals surface area contributed by atoms with Crippen LogP contribution in [0, 0.1) is 4.78 Å². The number of hydrogen-bond donors (Lipinski definition) is 3. The van der Waals surface area contributed by atoms with E-state index >= 15 is 0 Å². The Bertz CT molecular complexity index is 1200. The fourth-order valence-electron chi connectivity index (χ4n) is 4.05. The molecule has 0 bridgehead atoms. The van der Waals surface area contributed by atoms with E-state index in [1.165, 1.54) is 11.3 Å². The summed E-state index contributed by atoms with van der Waals surface area (Å²) < 4.78 is 32.4. The third-order valence-corrected chi connectivity index (χ3v) is 9.41. The van der Waals surface area contributed by atoms with Gasteiger partial charge >= 0.3 is 12.2 Å². The maximum absolute atomic E-state index is 13.4. The maximum atomic E-state index is 13.4. The van der Waals surface area contributed by atoms with Crippen LogP contribution in [0.4, 0.5) is 15.3 Å². The minimum atomic E-state index is -3.19. The van der Waals surface area contributed by atoms with E-state index in [1.54, 1.807) is 45.9 Å². The highest BCUT2D eigenvalue weighted by Gasteiger charge is 2.28. The van der Waals surface area contributed by atoms with E-state index in [0.717, 1.165) is 30.7 Å². The molecule has 1 saturated carbocycles. The van der Waals surface area contributed by atoms with Crippen molar-refractivity contribution >= 4 is 38.9 Å². The first-order valence-corrected chi connectivity index (χ1v) is 15.0. The molecule has 1 fully saturated rings. The van der Waals surface area contributed by atoms with Gasteiger partial charge in [0.2, 0.25) is 0 Å². The monoisotopic (exact) mass is 551 g/mol. The Hall–Kier alpha value is -2.73. The second-order valence-corrected chi connectivity index (χ2v) is 13.6. The summed E-state index contributed by atoms with van der Waals surface area (Å²) >= 11 is 1.43. The summed E-state index contributed by atoms with van der Waals surface area (Å²) in [5, 5.41) is 15.4. The predicted octanol–water partition coefficient (Wildman–Crippen LogP) is 6.14. The van der Waals surface area contributed by atoms with Crippen LogP contribution in [-0.4, -0.2) is 50.1 Å². The Morgan fingerprint density at radius 3 is 2.22 bits per heavy atom. The SMILES string of the molecule is CC(C)OC(=O)Nc1ccc(-c2nnc([C@H]3CC[C@H](NC(=O)OC(C)C)CC3)s2)c(S(=N)(=O)C(C)C)c1. The molecule has 1 aromatic carbocycles. The number of amides is 2. The lowest BCUT2D eigenvalue weighted by molar-refractivity contribution is 0.109. The fraction of sp³-hybridized carbons (Fsp3) is 0.600. The second kappa shape index (κ2) is 12.2. The lowest BCUT2D eigenvalue weighted by atomic mass is 9.86. The van der Waals surface area contributed by atoms with Crippen molar-refractivity contribution in [3.8, 4) is 10.6 Å². The summed E-state index contributed by atoms with van der Waals surface area (Å²) in [4.78, 5) is 24.3. The molecule has 2 amide bonds. The average molecular weight is 552 g/mol. The zero-order valence-corrected chi connectivity index (χ0v) is 23.8. The van der Waals surface area contributed by atoms with Crippen molar-refractivity contribution in [3.05, 3.63) is 23.2 Å². The lowest BCUT2D eigenvalue weighted by Crippen LogP contribution is -2.38. The molecule has 1 aromatic heterocycles. The number of rotatable bonds is 8. The zero-order chi connectivity index (χ0) is 27.3. The summed E-state index contributed by atoms with van der Waals surface area (Å²) in [5.74, 6) is 0.214. The van der Waals surface area contributed by atoms with Crippen LogP contribution in [0.25, 0.3) is 10.6 Å². The Morgan fingerprint density at radius 2 is 1.62 bits per heavy atom. The van der Waals surface area contributed by atoms with E-state index in [-0.39, 0.29) is 30.3 Å². The van der Waals surface area contributed by atoms with Gasteiger partial charge in [-0.1, -0.05) is 11.3 Å². The molecule has 3 rings (SSSR count). The van der Waals surface area contributed by atoms with Crippen molar-refractivity contribution in [1.29, 1.82) is 4.78 Å². The number of benzene rings is 1. The van der Waals surface area contributed by atoms with Gasteiger partial charge in [0, 0.05) is 28.5 Å². The van der Waals surface area contributed by atoms with Gasteiger partial charge in [-0.05, 0) is 85.4 Å². The van der Waals surface area contributed by atoms with Gasteiger partial charge < -0.3 is 14.8 Å². The van der Waals surface area contributed by atoms with Crippen LogP contribution >= 0.6 is 11.3 Å². The molecule has 3 N–H and O–H groups in total. The molecule has 1 unspecified atom stereocenters. The van der Waals surface area contributed by atoms with Crippen LogP contribution in [0.5, 0.6) is 0 Å². The van der Waals surface area contributed by atoms with Crippen molar-refractivity contribution < 1.29 is 23.3 Å². The standard InChI is InChI=1S/C25H37N5O5S2/c1-14(2)34-24(31)27-18-9-7-17(8-10-18)22-29-30-23(36-22)20-12-11-19(28-25(32)35-15(3)4)13-21(20)37(26,33)16(5)6/h11-18,26H,7-10H2,1-6H3,(H,27,31)(H,28,32)/t17-,18-,37?. The number of alkyl carbamates (subject to hydrolysis) is 1. The van der Waals surface area contributed by atoms with Crippen molar-refractivity contribution in [3.63, 3.8) is 0 Å². The number of hydrogen-bond acceptors (Lipinski definition) is 9. The number of anilines is 1. The van der Waals surface area contributed by atoms with Crippen LogP contribution in [-0.2, 0) is 19.2 Å². The van der Waals surface area contributed by atoms with E-state index in [2.05, 4.69) is 20.8 Å². The number of carbonyl (C=O) groups excluding carboxylic acids is 2.